The van der Waals surface area contributed by atoms with Crippen LogP contribution in [-0.4, -0.2) is 13.1 Å². The smallest absolute Gasteiger partial charge is 0.0133 e. The molecule has 0 spiro atoms. The van der Waals surface area contributed by atoms with Gasteiger partial charge in [0.15, 0.2) is 0 Å². The van der Waals surface area contributed by atoms with Crippen molar-refractivity contribution in [1.82, 2.24) is 5.32 Å². The van der Waals surface area contributed by atoms with E-state index < -0.39 is 0 Å². The summed E-state index contributed by atoms with van der Waals surface area (Å²) in [6, 6.07) is 2.99. The van der Waals surface area contributed by atoms with Gasteiger partial charge < -0.3 is 5.32 Å². The zero-order valence-electron chi connectivity index (χ0n) is 8.12. The highest BCUT2D eigenvalue weighted by molar-refractivity contribution is 7.07. The number of hydrogen-bond acceptors (Lipinski definition) is 2. The molecule has 72 valence electrons. The summed E-state index contributed by atoms with van der Waals surface area (Å²) in [7, 11) is 2.09. The zero-order chi connectivity index (χ0) is 9.10. The van der Waals surface area contributed by atoms with E-state index in [1.807, 2.05) is 11.3 Å². The molecule has 1 saturated carbocycles. The van der Waals surface area contributed by atoms with Crippen LogP contribution in [0.4, 0.5) is 0 Å². The van der Waals surface area contributed by atoms with Crippen molar-refractivity contribution in [3.63, 3.8) is 0 Å². The van der Waals surface area contributed by atoms with Gasteiger partial charge in [-0.1, -0.05) is 12.8 Å². The van der Waals surface area contributed by atoms with Crippen molar-refractivity contribution in [2.24, 2.45) is 0 Å². The molecule has 0 radical (unpaired) electrons. The van der Waals surface area contributed by atoms with Crippen LogP contribution in [0.25, 0.3) is 0 Å². The quantitative estimate of drug-likeness (QED) is 0.765. The van der Waals surface area contributed by atoms with E-state index in [0.29, 0.717) is 6.04 Å². The Morgan fingerprint density at radius 2 is 2.23 bits per heavy atom. The molecule has 1 fully saturated rings. The predicted octanol–water partition coefficient (Wildman–Crippen LogP) is 2.99. The maximum Gasteiger partial charge on any atom is 0.0133 e. The lowest BCUT2D eigenvalue weighted by Crippen LogP contribution is -2.34. The average Bonchev–Trinajstić information content (AvgIpc) is 2.70. The van der Waals surface area contributed by atoms with Crippen molar-refractivity contribution in [3.8, 4) is 0 Å². The number of nitrogens with one attached hydrogen (secondary N) is 1. The monoisotopic (exact) mass is 195 g/mol. The third-order valence-corrected chi connectivity index (χ3v) is 3.81. The molecule has 0 bridgehead atoms. The van der Waals surface area contributed by atoms with Crippen molar-refractivity contribution < 1.29 is 0 Å². The van der Waals surface area contributed by atoms with Crippen molar-refractivity contribution in [2.75, 3.05) is 7.05 Å². The summed E-state index contributed by atoms with van der Waals surface area (Å²) in [5.41, 5.74) is 1.55. The Morgan fingerprint density at radius 1 is 1.38 bits per heavy atom. The zero-order valence-corrected chi connectivity index (χ0v) is 8.94. The molecule has 1 aliphatic carbocycles. The first-order valence-corrected chi connectivity index (χ1v) is 6.05. The third-order valence-electron chi connectivity index (χ3n) is 3.11. The van der Waals surface area contributed by atoms with Crippen LogP contribution in [0.3, 0.4) is 0 Å². The van der Waals surface area contributed by atoms with E-state index in [4.69, 9.17) is 0 Å². The number of likely N-dealkylation sites (N-methyl/N-ethyl adjacent to an activating group) is 1. The first-order valence-electron chi connectivity index (χ1n) is 5.11. The highest BCUT2D eigenvalue weighted by atomic mass is 32.1. The van der Waals surface area contributed by atoms with Crippen molar-refractivity contribution in [2.45, 2.75) is 37.6 Å². The van der Waals surface area contributed by atoms with Crippen molar-refractivity contribution in [3.05, 3.63) is 22.4 Å². The van der Waals surface area contributed by atoms with Gasteiger partial charge in [0.2, 0.25) is 0 Å². The molecule has 2 atom stereocenters. The number of thiophene rings is 1. The second-order valence-corrected chi connectivity index (χ2v) is 4.62. The highest BCUT2D eigenvalue weighted by Gasteiger charge is 2.24. The van der Waals surface area contributed by atoms with Gasteiger partial charge in [-0.2, -0.15) is 11.3 Å². The third kappa shape index (κ3) is 1.94. The maximum absolute atomic E-state index is 3.45. The van der Waals surface area contributed by atoms with Crippen LogP contribution >= 0.6 is 11.3 Å². The van der Waals surface area contributed by atoms with E-state index in [1.54, 1.807) is 5.56 Å². The molecule has 0 aromatic carbocycles. The Labute approximate surface area is 84.2 Å². The Hall–Kier alpha value is -0.340. The van der Waals surface area contributed by atoms with Crippen LogP contribution in [0.1, 0.15) is 37.2 Å². The normalized spacial score (nSPS) is 29.0. The molecule has 1 aromatic rings. The molecule has 1 aliphatic rings. The van der Waals surface area contributed by atoms with Gasteiger partial charge >= 0.3 is 0 Å². The standard InChI is InChI=1S/C11H17NS/c1-12-11-5-3-2-4-10(11)9-6-7-13-8-9/h6-8,10-12H,2-5H2,1H3. The molecular formula is C11H17NS. The molecule has 2 rings (SSSR count). The molecule has 1 nitrogen and oxygen atoms in total. The predicted molar refractivity (Wildman–Crippen MR) is 58.4 cm³/mol. The van der Waals surface area contributed by atoms with Gasteiger partial charge in [0.05, 0.1) is 0 Å². The lowest BCUT2D eigenvalue weighted by Gasteiger charge is -2.30. The summed E-state index contributed by atoms with van der Waals surface area (Å²) < 4.78 is 0. The Balaban J connectivity index is 2.11. The molecule has 2 unspecified atom stereocenters. The Morgan fingerprint density at radius 3 is 2.92 bits per heavy atom. The summed E-state index contributed by atoms with van der Waals surface area (Å²) in [4.78, 5) is 0. The minimum Gasteiger partial charge on any atom is -0.316 e. The second-order valence-electron chi connectivity index (χ2n) is 3.84. The van der Waals surface area contributed by atoms with Gasteiger partial charge in [0.25, 0.3) is 0 Å². The lowest BCUT2D eigenvalue weighted by molar-refractivity contribution is 0.344. The molecule has 0 amide bonds. The largest absolute Gasteiger partial charge is 0.316 e. The molecule has 1 N–H and O–H groups in total. The fourth-order valence-electron chi connectivity index (χ4n) is 2.36. The van der Waals surface area contributed by atoms with Gasteiger partial charge in [0.1, 0.15) is 0 Å². The van der Waals surface area contributed by atoms with Crippen LogP contribution in [-0.2, 0) is 0 Å². The summed E-state index contributed by atoms with van der Waals surface area (Å²) in [5, 5.41) is 7.94. The van der Waals surface area contributed by atoms with E-state index in [2.05, 4.69) is 29.2 Å². The molecule has 0 saturated heterocycles. The van der Waals surface area contributed by atoms with Crippen LogP contribution < -0.4 is 5.32 Å². The first-order chi connectivity index (χ1) is 6.42. The van der Waals surface area contributed by atoms with Gasteiger partial charge in [-0.05, 0) is 42.3 Å². The van der Waals surface area contributed by atoms with Crippen molar-refractivity contribution >= 4 is 11.3 Å². The molecule has 1 heterocycles. The Bertz CT molecular complexity index is 243. The summed E-state index contributed by atoms with van der Waals surface area (Å²) in [6.07, 6.45) is 5.50. The fourth-order valence-corrected chi connectivity index (χ4v) is 3.09. The maximum atomic E-state index is 3.45. The van der Waals surface area contributed by atoms with Crippen LogP contribution in [0.2, 0.25) is 0 Å². The van der Waals surface area contributed by atoms with Gasteiger partial charge in [0, 0.05) is 12.0 Å². The van der Waals surface area contributed by atoms with Crippen molar-refractivity contribution in [1.29, 1.82) is 0 Å². The number of hydrogen-bond donors (Lipinski definition) is 1. The van der Waals surface area contributed by atoms with Gasteiger partial charge in [-0.25, -0.2) is 0 Å². The highest BCUT2D eigenvalue weighted by Crippen LogP contribution is 2.33. The van der Waals surface area contributed by atoms with E-state index in [9.17, 15) is 0 Å². The van der Waals surface area contributed by atoms with Gasteiger partial charge in [-0.15, -0.1) is 0 Å². The number of rotatable bonds is 2. The summed E-state index contributed by atoms with van der Waals surface area (Å²) in [6.45, 7) is 0. The minimum atomic E-state index is 0.711. The molecule has 13 heavy (non-hydrogen) atoms. The average molecular weight is 195 g/mol. The Kier molecular flexibility index (Phi) is 3.01. The van der Waals surface area contributed by atoms with Crippen LogP contribution in [0.5, 0.6) is 0 Å². The SMILES string of the molecule is CNC1CCCCC1c1ccsc1. The van der Waals surface area contributed by atoms with E-state index in [0.717, 1.165) is 5.92 Å². The first kappa shape index (κ1) is 9.22. The van der Waals surface area contributed by atoms with Crippen LogP contribution in [0, 0.1) is 0 Å². The molecule has 0 aliphatic heterocycles. The minimum absolute atomic E-state index is 0.711. The fraction of sp³-hybridized carbons (Fsp3) is 0.636. The van der Waals surface area contributed by atoms with E-state index in [-0.39, 0.29) is 0 Å². The van der Waals surface area contributed by atoms with E-state index >= 15 is 0 Å². The lowest BCUT2D eigenvalue weighted by atomic mass is 9.81. The van der Waals surface area contributed by atoms with Gasteiger partial charge in [-0.3, -0.25) is 0 Å². The topological polar surface area (TPSA) is 12.0 Å². The van der Waals surface area contributed by atoms with Crippen LogP contribution in [0.15, 0.2) is 16.8 Å². The van der Waals surface area contributed by atoms with E-state index in [1.165, 1.54) is 25.7 Å². The second kappa shape index (κ2) is 4.25. The molecular weight excluding hydrogens is 178 g/mol. The summed E-state index contributed by atoms with van der Waals surface area (Å²) >= 11 is 1.82. The molecule has 1 aromatic heterocycles. The molecule has 2 heteroatoms. The summed E-state index contributed by atoms with van der Waals surface area (Å²) in [5.74, 6) is 0.769.